The van der Waals surface area contributed by atoms with Crippen LogP contribution in [0.15, 0.2) is 0 Å². The summed E-state index contributed by atoms with van der Waals surface area (Å²) in [6.07, 6.45) is 5.82. The molecule has 15 heavy (non-hydrogen) atoms. The van der Waals surface area contributed by atoms with Crippen LogP contribution in [0.1, 0.15) is 46.0 Å². The van der Waals surface area contributed by atoms with Gasteiger partial charge in [0.1, 0.15) is 0 Å². The fourth-order valence-corrected chi connectivity index (χ4v) is 2.48. The summed E-state index contributed by atoms with van der Waals surface area (Å²) in [6, 6.07) is 0.536. The third-order valence-corrected chi connectivity index (χ3v) is 3.62. The Balaban J connectivity index is 2.49. The molecule has 1 saturated carbocycles. The van der Waals surface area contributed by atoms with E-state index in [1.807, 2.05) is 0 Å². The third-order valence-electron chi connectivity index (χ3n) is 3.27. The molecule has 0 aromatic heterocycles. The van der Waals surface area contributed by atoms with Gasteiger partial charge in [0.25, 0.3) is 0 Å². The van der Waals surface area contributed by atoms with Gasteiger partial charge in [-0.3, -0.25) is 4.79 Å². The molecule has 0 saturated heterocycles. The Kier molecular flexibility index (Phi) is 5.65. The van der Waals surface area contributed by atoms with Gasteiger partial charge in [-0.15, -0.1) is 0 Å². The van der Waals surface area contributed by atoms with Crippen LogP contribution < -0.4 is 0 Å². The summed E-state index contributed by atoms with van der Waals surface area (Å²) >= 11 is 3.43. The molecule has 2 nitrogen and oxygen atoms in total. The molecular weight excluding hydrogens is 254 g/mol. The number of rotatable bonds is 6. The molecule has 1 aliphatic rings. The zero-order chi connectivity index (χ0) is 11.3. The predicted molar refractivity (Wildman–Crippen MR) is 67.2 cm³/mol. The molecule has 0 bridgehead atoms. The van der Waals surface area contributed by atoms with Crippen LogP contribution in [0.5, 0.6) is 0 Å². The molecule has 0 heterocycles. The summed E-state index contributed by atoms with van der Waals surface area (Å²) < 4.78 is 0. The second kappa shape index (κ2) is 6.51. The Labute approximate surface area is 102 Å². The van der Waals surface area contributed by atoms with Crippen molar-refractivity contribution in [3.63, 3.8) is 0 Å². The van der Waals surface area contributed by atoms with E-state index in [1.54, 1.807) is 0 Å². The minimum absolute atomic E-state index is 0.203. The average molecular weight is 276 g/mol. The van der Waals surface area contributed by atoms with Crippen LogP contribution in [0.2, 0.25) is 0 Å². The fraction of sp³-hybridized carbons (Fsp3) is 0.917. The van der Waals surface area contributed by atoms with Gasteiger partial charge in [0.2, 0.25) is 5.91 Å². The number of hydrogen-bond acceptors (Lipinski definition) is 1. The molecule has 0 N–H and O–H groups in total. The van der Waals surface area contributed by atoms with E-state index in [4.69, 9.17) is 0 Å². The summed E-state index contributed by atoms with van der Waals surface area (Å²) in [5.41, 5.74) is 0. The topological polar surface area (TPSA) is 20.3 Å². The van der Waals surface area contributed by atoms with Gasteiger partial charge in [0, 0.05) is 23.8 Å². The van der Waals surface area contributed by atoms with Crippen LogP contribution in [-0.4, -0.2) is 28.7 Å². The maximum absolute atomic E-state index is 12.2. The van der Waals surface area contributed by atoms with E-state index in [0.717, 1.165) is 24.7 Å². The Morgan fingerprint density at radius 2 is 2.20 bits per heavy atom. The molecule has 0 aliphatic heterocycles. The summed E-state index contributed by atoms with van der Waals surface area (Å²) in [4.78, 5) is 14.3. The van der Waals surface area contributed by atoms with Crippen LogP contribution in [0.3, 0.4) is 0 Å². The molecule has 88 valence electrons. The van der Waals surface area contributed by atoms with Gasteiger partial charge in [0.05, 0.1) is 0 Å². The molecule has 0 aromatic rings. The molecule has 1 amide bonds. The van der Waals surface area contributed by atoms with Crippen molar-refractivity contribution in [3.8, 4) is 0 Å². The molecular formula is C12H22BrNO. The number of carbonyl (C=O) groups excluding carboxylic acids is 1. The van der Waals surface area contributed by atoms with Crippen molar-refractivity contribution in [2.75, 3.05) is 11.9 Å². The van der Waals surface area contributed by atoms with Crippen molar-refractivity contribution in [2.45, 2.75) is 52.0 Å². The number of alkyl halides is 1. The van der Waals surface area contributed by atoms with Gasteiger partial charge in [-0.1, -0.05) is 36.2 Å². The lowest BCUT2D eigenvalue weighted by atomic mass is 9.90. The Morgan fingerprint density at radius 3 is 2.60 bits per heavy atom. The first kappa shape index (κ1) is 13.0. The first-order valence-corrected chi connectivity index (χ1v) is 7.19. The lowest BCUT2D eigenvalue weighted by Crippen LogP contribution is -2.47. The highest BCUT2D eigenvalue weighted by Gasteiger charge is 2.30. The van der Waals surface area contributed by atoms with Crippen LogP contribution in [0.4, 0.5) is 0 Å². The number of carbonyl (C=O) groups is 1. The monoisotopic (exact) mass is 275 g/mol. The predicted octanol–water partition coefficient (Wildman–Crippen LogP) is 3.20. The molecule has 0 spiro atoms. The van der Waals surface area contributed by atoms with Gasteiger partial charge >= 0.3 is 0 Å². The van der Waals surface area contributed by atoms with Crippen molar-refractivity contribution in [3.05, 3.63) is 0 Å². The minimum Gasteiger partial charge on any atom is -0.339 e. The summed E-state index contributed by atoms with van der Waals surface area (Å²) in [5, 5.41) is 0.897. The molecule has 1 aliphatic carbocycles. The van der Waals surface area contributed by atoms with Gasteiger partial charge in [0.15, 0.2) is 0 Å². The SMILES string of the molecule is CCCC(C)C(=O)N(CCBr)C1CCC1. The Bertz CT molecular complexity index is 204. The van der Waals surface area contributed by atoms with Gasteiger partial charge in [-0.05, 0) is 25.7 Å². The van der Waals surface area contributed by atoms with E-state index >= 15 is 0 Å². The number of halogens is 1. The zero-order valence-corrected chi connectivity index (χ0v) is 11.4. The van der Waals surface area contributed by atoms with E-state index in [2.05, 4.69) is 34.7 Å². The first-order valence-electron chi connectivity index (χ1n) is 6.07. The van der Waals surface area contributed by atoms with E-state index < -0.39 is 0 Å². The highest BCUT2D eigenvalue weighted by molar-refractivity contribution is 9.09. The average Bonchev–Trinajstić information content (AvgIpc) is 2.13. The van der Waals surface area contributed by atoms with Gasteiger partial charge < -0.3 is 4.90 Å². The summed E-state index contributed by atoms with van der Waals surface area (Å²) in [7, 11) is 0. The second-order valence-corrected chi connectivity index (χ2v) is 5.29. The van der Waals surface area contributed by atoms with Crippen LogP contribution in [0.25, 0.3) is 0 Å². The number of amides is 1. The normalized spacial score (nSPS) is 18.3. The summed E-state index contributed by atoms with van der Waals surface area (Å²) in [6.45, 7) is 5.07. The standard InChI is InChI=1S/C12H22BrNO/c1-3-5-10(2)12(15)14(9-8-13)11-6-4-7-11/h10-11H,3-9H2,1-2H3. The molecule has 1 rings (SSSR count). The minimum atomic E-state index is 0.203. The Hall–Kier alpha value is -0.0500. The zero-order valence-electron chi connectivity index (χ0n) is 9.84. The quantitative estimate of drug-likeness (QED) is 0.682. The lowest BCUT2D eigenvalue weighted by molar-refractivity contribution is -0.139. The second-order valence-electron chi connectivity index (χ2n) is 4.50. The maximum Gasteiger partial charge on any atom is 0.225 e. The van der Waals surface area contributed by atoms with Crippen molar-refractivity contribution in [1.29, 1.82) is 0 Å². The molecule has 0 radical (unpaired) electrons. The van der Waals surface area contributed by atoms with Gasteiger partial charge in [-0.25, -0.2) is 0 Å². The maximum atomic E-state index is 12.2. The lowest BCUT2D eigenvalue weighted by Gasteiger charge is -2.38. The van der Waals surface area contributed by atoms with E-state index in [1.165, 1.54) is 19.3 Å². The van der Waals surface area contributed by atoms with E-state index in [9.17, 15) is 4.79 Å². The van der Waals surface area contributed by atoms with Crippen LogP contribution in [-0.2, 0) is 4.79 Å². The smallest absolute Gasteiger partial charge is 0.225 e. The largest absolute Gasteiger partial charge is 0.339 e. The molecule has 1 atom stereocenters. The van der Waals surface area contributed by atoms with Crippen molar-refractivity contribution >= 4 is 21.8 Å². The van der Waals surface area contributed by atoms with Crippen LogP contribution >= 0.6 is 15.9 Å². The highest BCUT2D eigenvalue weighted by atomic mass is 79.9. The van der Waals surface area contributed by atoms with Crippen molar-refractivity contribution in [2.24, 2.45) is 5.92 Å². The molecule has 1 fully saturated rings. The van der Waals surface area contributed by atoms with Crippen molar-refractivity contribution < 1.29 is 4.79 Å². The van der Waals surface area contributed by atoms with E-state index in [-0.39, 0.29) is 5.92 Å². The Morgan fingerprint density at radius 1 is 1.53 bits per heavy atom. The van der Waals surface area contributed by atoms with E-state index in [0.29, 0.717) is 11.9 Å². The van der Waals surface area contributed by atoms with Crippen molar-refractivity contribution in [1.82, 2.24) is 4.90 Å². The number of hydrogen-bond donors (Lipinski definition) is 0. The molecule has 3 heteroatoms. The fourth-order valence-electron chi connectivity index (χ4n) is 2.10. The first-order chi connectivity index (χ1) is 7.20. The van der Waals surface area contributed by atoms with Gasteiger partial charge in [-0.2, -0.15) is 0 Å². The molecule has 0 aromatic carbocycles. The third kappa shape index (κ3) is 3.47. The van der Waals surface area contributed by atoms with Crippen LogP contribution in [0, 0.1) is 5.92 Å². The highest BCUT2D eigenvalue weighted by Crippen LogP contribution is 2.26. The number of nitrogens with zero attached hydrogens (tertiary/aromatic N) is 1. The molecule has 1 unspecified atom stereocenters. The summed E-state index contributed by atoms with van der Waals surface area (Å²) in [5.74, 6) is 0.565.